The van der Waals surface area contributed by atoms with Gasteiger partial charge in [-0.05, 0) is 43.3 Å². The molecule has 136 valence electrons. The topological polar surface area (TPSA) is 93.1 Å². The fourth-order valence-corrected chi connectivity index (χ4v) is 3.61. The first-order valence-electron chi connectivity index (χ1n) is 7.76. The number of fused-ring (bicyclic) bond motifs is 1. The smallest absolute Gasteiger partial charge is 0.342 e. The van der Waals surface area contributed by atoms with E-state index in [0.29, 0.717) is 10.6 Å². The van der Waals surface area contributed by atoms with Gasteiger partial charge in [0.1, 0.15) is 5.57 Å². The molecule has 7 nitrogen and oxygen atoms in total. The summed E-state index contributed by atoms with van der Waals surface area (Å²) in [5.41, 5.74) is 0.345. The zero-order chi connectivity index (χ0) is 18.9. The van der Waals surface area contributed by atoms with E-state index in [2.05, 4.69) is 4.40 Å². The number of hydrogen-bond donors (Lipinski definition) is 0. The van der Waals surface area contributed by atoms with Gasteiger partial charge in [-0.1, -0.05) is 11.6 Å². The van der Waals surface area contributed by atoms with E-state index >= 15 is 0 Å². The molecule has 0 spiro atoms. The van der Waals surface area contributed by atoms with Crippen molar-refractivity contribution < 1.29 is 22.7 Å². The number of ether oxygens (including phenoxy) is 1. The Hall–Kier alpha value is -2.45. The number of esters is 1. The summed E-state index contributed by atoms with van der Waals surface area (Å²) in [6, 6.07) is 6.21. The first kappa shape index (κ1) is 18.3. The maximum atomic E-state index is 12.5. The number of Topliss-reactive ketones (excluding diaryl/α,β-unsaturated/α-hetero) is 1. The lowest BCUT2D eigenvalue weighted by molar-refractivity contribution is -0.141. The van der Waals surface area contributed by atoms with Crippen molar-refractivity contribution in [3.63, 3.8) is 0 Å². The van der Waals surface area contributed by atoms with Gasteiger partial charge in [-0.3, -0.25) is 4.79 Å². The number of carbonyl (C=O) groups excluding carboxylic acids is 2. The molecule has 1 aromatic carbocycles. The molecular weight excluding hydrogens is 380 g/mol. The summed E-state index contributed by atoms with van der Waals surface area (Å²) in [4.78, 5) is 26.4. The summed E-state index contributed by atoms with van der Waals surface area (Å²) < 4.78 is 32.3. The fraction of sp³-hybridized carbons (Fsp3) is 0.235. The molecule has 0 aromatic heterocycles. The predicted molar refractivity (Wildman–Crippen MR) is 96.5 cm³/mol. The maximum Gasteiger partial charge on any atom is 0.342 e. The third-order valence-electron chi connectivity index (χ3n) is 3.86. The predicted octanol–water partition coefficient (Wildman–Crippen LogP) is 1.95. The number of benzene rings is 1. The first-order valence-corrected chi connectivity index (χ1v) is 9.74. The van der Waals surface area contributed by atoms with Crippen molar-refractivity contribution in [2.45, 2.75) is 13.0 Å². The minimum Gasteiger partial charge on any atom is -0.451 e. The van der Waals surface area contributed by atoms with Crippen LogP contribution >= 0.6 is 11.6 Å². The Morgan fingerprint density at radius 2 is 1.96 bits per heavy atom. The van der Waals surface area contributed by atoms with Crippen LogP contribution in [-0.4, -0.2) is 49.3 Å². The van der Waals surface area contributed by atoms with Crippen molar-refractivity contribution in [2.24, 2.45) is 4.40 Å². The van der Waals surface area contributed by atoms with Crippen LogP contribution in [0.1, 0.15) is 17.3 Å². The Kier molecular flexibility index (Phi) is 4.97. The van der Waals surface area contributed by atoms with Gasteiger partial charge in [0.15, 0.2) is 11.9 Å². The summed E-state index contributed by atoms with van der Waals surface area (Å²) in [6.07, 6.45) is 3.59. The molecule has 0 amide bonds. The third-order valence-corrected chi connectivity index (χ3v) is 5.26. The van der Waals surface area contributed by atoms with Gasteiger partial charge in [0.25, 0.3) is 10.0 Å². The Labute approximate surface area is 155 Å². The zero-order valence-corrected chi connectivity index (χ0v) is 15.3. The van der Waals surface area contributed by atoms with Crippen molar-refractivity contribution in [3.8, 4) is 0 Å². The third kappa shape index (κ3) is 3.86. The number of carbonyl (C=O) groups is 2. The Balaban J connectivity index is 1.77. The summed E-state index contributed by atoms with van der Waals surface area (Å²) in [5.74, 6) is -1.33. The molecule has 2 heterocycles. The van der Waals surface area contributed by atoms with Gasteiger partial charge in [0, 0.05) is 23.3 Å². The molecule has 26 heavy (non-hydrogen) atoms. The lowest BCUT2D eigenvalue weighted by Gasteiger charge is -2.28. The van der Waals surface area contributed by atoms with E-state index in [-0.39, 0.29) is 23.7 Å². The lowest BCUT2D eigenvalue weighted by atomic mass is 10.1. The Morgan fingerprint density at radius 1 is 1.27 bits per heavy atom. The summed E-state index contributed by atoms with van der Waals surface area (Å²) in [5, 5.41) is 0.488. The molecule has 0 N–H and O–H groups in total. The average Bonchev–Trinajstić information content (AvgIpc) is 2.60. The van der Waals surface area contributed by atoms with Crippen molar-refractivity contribution >= 4 is 39.2 Å². The maximum absolute atomic E-state index is 12.5. The standard InChI is InChI=1S/C17H15ClN2O5S/c1-11(15(21)12-4-6-13(18)7-5-12)25-17(22)14-3-2-8-20-9-10-26(23,24)19-16(14)20/h2-8,11H,9-10H2,1H3/t11-/m1/s1. The van der Waals surface area contributed by atoms with Gasteiger partial charge in [-0.15, -0.1) is 4.40 Å². The number of sulfonamides is 1. The number of rotatable bonds is 4. The highest BCUT2D eigenvalue weighted by Crippen LogP contribution is 2.20. The van der Waals surface area contributed by atoms with Crippen LogP contribution in [0.3, 0.4) is 0 Å². The molecule has 0 aliphatic carbocycles. The second kappa shape index (κ2) is 7.05. The van der Waals surface area contributed by atoms with Crippen LogP contribution in [0.15, 0.2) is 52.6 Å². The highest BCUT2D eigenvalue weighted by Gasteiger charge is 2.32. The highest BCUT2D eigenvalue weighted by atomic mass is 35.5. The molecule has 0 saturated heterocycles. The molecule has 2 aliphatic heterocycles. The van der Waals surface area contributed by atoms with Gasteiger partial charge in [0.05, 0.1) is 5.75 Å². The van der Waals surface area contributed by atoms with E-state index in [9.17, 15) is 18.0 Å². The van der Waals surface area contributed by atoms with Gasteiger partial charge in [0.2, 0.25) is 5.78 Å². The van der Waals surface area contributed by atoms with Crippen LogP contribution in [-0.2, 0) is 19.6 Å². The van der Waals surface area contributed by atoms with Crippen LogP contribution in [0.2, 0.25) is 5.02 Å². The largest absolute Gasteiger partial charge is 0.451 e. The van der Waals surface area contributed by atoms with E-state index < -0.39 is 27.9 Å². The highest BCUT2D eigenvalue weighted by molar-refractivity contribution is 7.90. The molecule has 0 saturated carbocycles. The fourth-order valence-electron chi connectivity index (χ4n) is 2.50. The van der Waals surface area contributed by atoms with Crippen LogP contribution in [0.5, 0.6) is 0 Å². The first-order chi connectivity index (χ1) is 12.3. The van der Waals surface area contributed by atoms with Crippen LogP contribution in [0.4, 0.5) is 0 Å². The van der Waals surface area contributed by atoms with E-state index in [1.54, 1.807) is 29.3 Å². The van der Waals surface area contributed by atoms with E-state index in [4.69, 9.17) is 16.3 Å². The van der Waals surface area contributed by atoms with E-state index in [1.807, 2.05) is 0 Å². The molecule has 9 heteroatoms. The minimum absolute atomic E-state index is 0.00784. The lowest BCUT2D eigenvalue weighted by Crippen LogP contribution is -2.40. The van der Waals surface area contributed by atoms with Crippen molar-refractivity contribution in [3.05, 3.63) is 58.8 Å². The summed E-state index contributed by atoms with van der Waals surface area (Å²) in [7, 11) is -3.63. The second-order valence-corrected chi connectivity index (χ2v) is 7.93. The number of nitrogens with zero attached hydrogens (tertiary/aromatic N) is 2. The second-order valence-electron chi connectivity index (χ2n) is 5.73. The summed E-state index contributed by atoms with van der Waals surface area (Å²) >= 11 is 5.79. The van der Waals surface area contributed by atoms with Gasteiger partial charge < -0.3 is 9.64 Å². The average molecular weight is 395 g/mol. The molecule has 3 rings (SSSR count). The molecule has 1 atom stereocenters. The quantitative estimate of drug-likeness (QED) is 0.572. The van der Waals surface area contributed by atoms with Crippen LogP contribution < -0.4 is 0 Å². The van der Waals surface area contributed by atoms with Gasteiger partial charge >= 0.3 is 5.97 Å². The molecule has 1 aromatic rings. The van der Waals surface area contributed by atoms with Crippen molar-refractivity contribution in [2.75, 3.05) is 12.3 Å². The Bertz CT molecular complexity index is 948. The zero-order valence-electron chi connectivity index (χ0n) is 13.8. The van der Waals surface area contributed by atoms with Gasteiger partial charge in [-0.2, -0.15) is 0 Å². The van der Waals surface area contributed by atoms with E-state index in [0.717, 1.165) is 0 Å². The number of halogens is 1. The molecule has 0 bridgehead atoms. The molecule has 2 aliphatic rings. The van der Waals surface area contributed by atoms with E-state index in [1.165, 1.54) is 25.1 Å². The van der Waals surface area contributed by atoms with Crippen molar-refractivity contribution in [1.29, 1.82) is 0 Å². The molecule has 0 unspecified atom stereocenters. The minimum atomic E-state index is -3.63. The summed E-state index contributed by atoms with van der Waals surface area (Å²) in [6.45, 7) is 1.65. The number of amidine groups is 1. The molecular formula is C17H15ClN2O5S. The van der Waals surface area contributed by atoms with Crippen molar-refractivity contribution in [1.82, 2.24) is 4.90 Å². The number of ketones is 1. The molecule has 0 fully saturated rings. The Morgan fingerprint density at radius 3 is 2.65 bits per heavy atom. The monoisotopic (exact) mass is 394 g/mol. The number of allylic oxidation sites excluding steroid dienone is 2. The number of hydrogen-bond acceptors (Lipinski definition) is 6. The van der Waals surface area contributed by atoms with Crippen LogP contribution in [0, 0.1) is 0 Å². The normalized spacial score (nSPS) is 19.1. The molecule has 0 radical (unpaired) electrons. The van der Waals surface area contributed by atoms with Crippen LogP contribution in [0.25, 0.3) is 0 Å². The van der Waals surface area contributed by atoms with Gasteiger partial charge in [-0.25, -0.2) is 13.2 Å². The SMILES string of the molecule is C[C@@H](OC(=O)C1=CC=CN2CCS(=O)(=O)N=C12)C(=O)c1ccc(Cl)cc1.